The average Bonchev–Trinajstić information content (AvgIpc) is 2.60. The summed E-state index contributed by atoms with van der Waals surface area (Å²) in [5.41, 5.74) is 1.38. The van der Waals surface area contributed by atoms with Crippen molar-refractivity contribution >= 4 is 0 Å². The maximum absolute atomic E-state index is 8.93. The van der Waals surface area contributed by atoms with Crippen LogP contribution in [0.4, 0.5) is 0 Å². The van der Waals surface area contributed by atoms with Gasteiger partial charge < -0.3 is 24.6 Å². The molecule has 0 bridgehead atoms. The van der Waals surface area contributed by atoms with Crippen molar-refractivity contribution in [2.24, 2.45) is 5.92 Å². The first-order valence-corrected chi connectivity index (χ1v) is 8.57. The highest BCUT2D eigenvalue weighted by molar-refractivity contribution is 5.21. The zero-order chi connectivity index (χ0) is 16.7. The molecule has 5 heteroatoms. The van der Waals surface area contributed by atoms with E-state index in [-0.39, 0.29) is 18.8 Å². The summed E-state index contributed by atoms with van der Waals surface area (Å²) in [7, 11) is 5.56. The number of rotatable bonds is 8. The van der Waals surface area contributed by atoms with Gasteiger partial charge in [0, 0.05) is 33.1 Å². The Kier molecular flexibility index (Phi) is 7.56. The molecule has 0 spiro atoms. The lowest BCUT2D eigenvalue weighted by Gasteiger charge is -2.36. The highest BCUT2D eigenvalue weighted by Crippen LogP contribution is 2.34. The van der Waals surface area contributed by atoms with Crippen molar-refractivity contribution < 1.29 is 19.3 Å². The summed E-state index contributed by atoms with van der Waals surface area (Å²) < 4.78 is 16.8. The average molecular weight is 325 g/mol. The van der Waals surface area contributed by atoms with Gasteiger partial charge in [0.15, 0.2) is 0 Å². The number of ether oxygens (including phenoxy) is 3. The van der Waals surface area contributed by atoms with Crippen LogP contribution in [0.5, 0.6) is 0 Å². The fourth-order valence-electron chi connectivity index (χ4n) is 3.76. The molecule has 0 aliphatic heterocycles. The Balaban J connectivity index is 2.06. The molecule has 5 nitrogen and oxygen atoms in total. The molecule has 0 saturated heterocycles. The minimum absolute atomic E-state index is 0.0631. The molecule has 0 saturated carbocycles. The molecule has 2 rings (SSSR count). The molecule has 2 aliphatic carbocycles. The third-order valence-electron chi connectivity index (χ3n) is 4.93. The SMILES string of the molecule is CNC(C1=CC(OC)CC(OC)C1)C1CCC=C(OCCO)C1. The van der Waals surface area contributed by atoms with Crippen LogP contribution >= 0.6 is 0 Å². The van der Waals surface area contributed by atoms with Crippen LogP contribution in [0.1, 0.15) is 32.1 Å². The number of aliphatic hydroxyl groups is 1. The second-order valence-electron chi connectivity index (χ2n) is 6.36. The van der Waals surface area contributed by atoms with Crippen LogP contribution in [-0.4, -0.2) is 57.8 Å². The molecule has 23 heavy (non-hydrogen) atoms. The van der Waals surface area contributed by atoms with Crippen molar-refractivity contribution in [3.63, 3.8) is 0 Å². The molecule has 0 fully saturated rings. The zero-order valence-electron chi connectivity index (χ0n) is 14.6. The topological polar surface area (TPSA) is 60.0 Å². The molecular formula is C18H31NO4. The predicted molar refractivity (Wildman–Crippen MR) is 90.2 cm³/mol. The van der Waals surface area contributed by atoms with E-state index in [4.69, 9.17) is 19.3 Å². The molecule has 0 aromatic rings. The number of likely N-dealkylation sites (N-methyl/N-ethyl adjacent to an activating group) is 1. The Morgan fingerprint density at radius 1 is 1.30 bits per heavy atom. The number of hydrogen-bond donors (Lipinski definition) is 2. The van der Waals surface area contributed by atoms with E-state index in [1.165, 1.54) is 5.57 Å². The van der Waals surface area contributed by atoms with Crippen molar-refractivity contribution in [2.45, 2.75) is 50.4 Å². The molecule has 0 radical (unpaired) electrons. The Morgan fingerprint density at radius 2 is 2.13 bits per heavy atom. The van der Waals surface area contributed by atoms with E-state index in [1.54, 1.807) is 14.2 Å². The molecule has 2 aliphatic rings. The van der Waals surface area contributed by atoms with Crippen LogP contribution < -0.4 is 5.32 Å². The number of aliphatic hydroxyl groups excluding tert-OH is 1. The highest BCUT2D eigenvalue weighted by atomic mass is 16.5. The first-order valence-electron chi connectivity index (χ1n) is 8.57. The van der Waals surface area contributed by atoms with Crippen molar-refractivity contribution in [3.05, 3.63) is 23.5 Å². The van der Waals surface area contributed by atoms with Crippen LogP contribution in [0.3, 0.4) is 0 Å². The molecule has 132 valence electrons. The van der Waals surface area contributed by atoms with Gasteiger partial charge in [-0.1, -0.05) is 11.6 Å². The number of nitrogens with one attached hydrogen (secondary N) is 1. The number of hydrogen-bond acceptors (Lipinski definition) is 5. The summed E-state index contributed by atoms with van der Waals surface area (Å²) >= 11 is 0. The fraction of sp³-hybridized carbons (Fsp3) is 0.778. The molecular weight excluding hydrogens is 294 g/mol. The Bertz CT molecular complexity index is 421. The molecule has 0 amide bonds. The molecule has 4 unspecified atom stereocenters. The van der Waals surface area contributed by atoms with Crippen LogP contribution in [0.15, 0.2) is 23.5 Å². The smallest absolute Gasteiger partial charge is 0.111 e. The van der Waals surface area contributed by atoms with E-state index in [9.17, 15) is 0 Å². The first-order chi connectivity index (χ1) is 11.2. The first kappa shape index (κ1) is 18.5. The quantitative estimate of drug-likeness (QED) is 0.669. The van der Waals surface area contributed by atoms with Crippen LogP contribution in [0.25, 0.3) is 0 Å². The lowest BCUT2D eigenvalue weighted by Crippen LogP contribution is -2.40. The summed E-state index contributed by atoms with van der Waals surface area (Å²) in [5.74, 6) is 1.51. The van der Waals surface area contributed by atoms with Crippen LogP contribution in [0, 0.1) is 5.92 Å². The third-order valence-corrected chi connectivity index (χ3v) is 4.93. The van der Waals surface area contributed by atoms with Gasteiger partial charge in [-0.15, -0.1) is 0 Å². The van der Waals surface area contributed by atoms with Gasteiger partial charge in [-0.2, -0.15) is 0 Å². The second-order valence-corrected chi connectivity index (χ2v) is 6.36. The maximum atomic E-state index is 8.93. The largest absolute Gasteiger partial charge is 0.496 e. The lowest BCUT2D eigenvalue weighted by atomic mass is 9.79. The van der Waals surface area contributed by atoms with Crippen LogP contribution in [-0.2, 0) is 14.2 Å². The molecule has 0 heterocycles. The van der Waals surface area contributed by atoms with E-state index in [0.717, 1.165) is 37.9 Å². The number of allylic oxidation sites excluding steroid dienone is 2. The van der Waals surface area contributed by atoms with Gasteiger partial charge in [-0.05, 0) is 38.3 Å². The monoisotopic (exact) mass is 325 g/mol. The minimum atomic E-state index is 0.0631. The number of methoxy groups -OCH3 is 2. The van der Waals surface area contributed by atoms with Crippen molar-refractivity contribution in [1.82, 2.24) is 5.32 Å². The summed E-state index contributed by atoms with van der Waals surface area (Å²) in [6, 6.07) is 0.312. The van der Waals surface area contributed by atoms with E-state index in [2.05, 4.69) is 17.5 Å². The Labute approximate surface area is 139 Å². The highest BCUT2D eigenvalue weighted by Gasteiger charge is 2.31. The van der Waals surface area contributed by atoms with E-state index in [1.807, 2.05) is 7.05 Å². The normalized spacial score (nSPS) is 29.7. The fourth-order valence-corrected chi connectivity index (χ4v) is 3.76. The van der Waals surface area contributed by atoms with Gasteiger partial charge in [-0.3, -0.25) is 0 Å². The second kappa shape index (κ2) is 9.42. The van der Waals surface area contributed by atoms with Gasteiger partial charge in [0.2, 0.25) is 0 Å². The summed E-state index contributed by atoms with van der Waals surface area (Å²) in [5, 5.41) is 12.4. The molecule has 0 aromatic carbocycles. The van der Waals surface area contributed by atoms with Gasteiger partial charge in [0.1, 0.15) is 6.61 Å². The van der Waals surface area contributed by atoms with E-state index in [0.29, 0.717) is 18.6 Å². The van der Waals surface area contributed by atoms with Crippen molar-refractivity contribution in [2.75, 3.05) is 34.5 Å². The minimum Gasteiger partial charge on any atom is -0.496 e. The standard InChI is InChI=1S/C18H31NO4/c1-19-18(13-5-4-6-15(9-13)23-8-7-20)14-10-16(21-2)12-17(11-14)22-3/h6,10,13,16-20H,4-5,7-9,11-12H2,1-3H3. The Hall–Kier alpha value is -0.880. The van der Waals surface area contributed by atoms with Gasteiger partial charge >= 0.3 is 0 Å². The van der Waals surface area contributed by atoms with Gasteiger partial charge in [0.05, 0.1) is 24.6 Å². The molecule has 4 atom stereocenters. The third kappa shape index (κ3) is 5.05. The summed E-state index contributed by atoms with van der Waals surface area (Å²) in [6.07, 6.45) is 9.73. The lowest BCUT2D eigenvalue weighted by molar-refractivity contribution is 0.0312. The predicted octanol–water partition coefficient (Wildman–Crippen LogP) is 2.02. The summed E-state index contributed by atoms with van der Waals surface area (Å²) in [4.78, 5) is 0. The van der Waals surface area contributed by atoms with E-state index >= 15 is 0 Å². The van der Waals surface area contributed by atoms with Gasteiger partial charge in [0.25, 0.3) is 0 Å². The zero-order valence-corrected chi connectivity index (χ0v) is 14.6. The summed E-state index contributed by atoms with van der Waals surface area (Å²) in [6.45, 7) is 0.441. The van der Waals surface area contributed by atoms with Crippen molar-refractivity contribution in [1.29, 1.82) is 0 Å². The molecule has 0 aromatic heterocycles. The molecule has 2 N–H and O–H groups in total. The van der Waals surface area contributed by atoms with E-state index < -0.39 is 0 Å². The van der Waals surface area contributed by atoms with Crippen molar-refractivity contribution in [3.8, 4) is 0 Å². The maximum Gasteiger partial charge on any atom is 0.111 e. The Morgan fingerprint density at radius 3 is 2.78 bits per heavy atom. The van der Waals surface area contributed by atoms with Gasteiger partial charge in [-0.25, -0.2) is 0 Å². The van der Waals surface area contributed by atoms with Crippen LogP contribution in [0.2, 0.25) is 0 Å².